The molecule has 3 N–H and O–H groups in total. The first-order chi connectivity index (χ1) is 13.1. The number of nitrogens with zero attached hydrogens (tertiary/aromatic N) is 2. The zero-order chi connectivity index (χ0) is 20.6. The van der Waals surface area contributed by atoms with E-state index in [1.165, 1.54) is 16.2 Å². The summed E-state index contributed by atoms with van der Waals surface area (Å²) in [5, 5.41) is 27.0. The van der Waals surface area contributed by atoms with E-state index in [0.717, 1.165) is 6.42 Å². The van der Waals surface area contributed by atoms with Gasteiger partial charge in [0.2, 0.25) is 0 Å². The molecule has 0 aliphatic carbocycles. The van der Waals surface area contributed by atoms with Crippen LogP contribution in [0.2, 0.25) is 0 Å². The number of benzene rings is 2. The highest BCUT2D eigenvalue weighted by Crippen LogP contribution is 2.37. The molecule has 28 heavy (non-hydrogen) atoms. The molecule has 2 aromatic carbocycles. The van der Waals surface area contributed by atoms with Gasteiger partial charge in [0.25, 0.3) is 0 Å². The minimum absolute atomic E-state index is 0.0206. The van der Waals surface area contributed by atoms with Crippen LogP contribution in [0, 0.1) is 5.41 Å². The third-order valence-electron chi connectivity index (χ3n) is 4.61. The van der Waals surface area contributed by atoms with Gasteiger partial charge in [0.15, 0.2) is 5.82 Å². The van der Waals surface area contributed by atoms with Crippen LogP contribution in [0.1, 0.15) is 51.7 Å². The molecule has 148 valence electrons. The largest absolute Gasteiger partial charge is 0.508 e. The molecule has 1 heterocycles. The summed E-state index contributed by atoms with van der Waals surface area (Å²) in [6.07, 6.45) is 0.928. The monoisotopic (exact) mass is 381 g/mol. The van der Waals surface area contributed by atoms with Crippen molar-refractivity contribution in [2.75, 3.05) is 0 Å². The van der Waals surface area contributed by atoms with Gasteiger partial charge in [-0.05, 0) is 47.1 Å². The number of phenolic OH excluding ortho intramolecular Hbond substituents is 2. The molecule has 0 unspecified atom stereocenters. The van der Waals surface area contributed by atoms with E-state index in [9.17, 15) is 15.0 Å². The van der Waals surface area contributed by atoms with Crippen molar-refractivity contribution in [2.24, 2.45) is 5.41 Å². The van der Waals surface area contributed by atoms with E-state index in [1.807, 2.05) is 38.1 Å². The fraction of sp³-hybridized carbons (Fsp3) is 0.364. The third kappa shape index (κ3) is 3.96. The smallest absolute Gasteiger partial charge is 0.348 e. The van der Waals surface area contributed by atoms with Crippen molar-refractivity contribution in [3.8, 4) is 28.6 Å². The molecule has 3 rings (SSSR count). The molecule has 0 amide bonds. The van der Waals surface area contributed by atoms with E-state index in [1.54, 1.807) is 6.07 Å². The Morgan fingerprint density at radius 1 is 1.07 bits per heavy atom. The SMILES string of the molecule is CC(C)c1cc(-c2n[nH]c(=O)n2-c2ccc(CC(C)(C)C)cc2)c(O)cc1O. The molecular formula is C22H27N3O3. The molecule has 0 aliphatic rings. The summed E-state index contributed by atoms with van der Waals surface area (Å²) in [7, 11) is 0. The van der Waals surface area contributed by atoms with E-state index in [0.29, 0.717) is 22.6 Å². The third-order valence-corrected chi connectivity index (χ3v) is 4.61. The van der Waals surface area contributed by atoms with Gasteiger partial charge in [0.1, 0.15) is 11.5 Å². The van der Waals surface area contributed by atoms with Crippen LogP contribution >= 0.6 is 0 Å². The molecular weight excluding hydrogens is 354 g/mol. The summed E-state index contributed by atoms with van der Waals surface area (Å²) in [5.41, 5.74) is 2.68. The van der Waals surface area contributed by atoms with Gasteiger partial charge < -0.3 is 10.2 Å². The Labute approximate surface area is 164 Å². The maximum Gasteiger partial charge on any atom is 0.348 e. The lowest BCUT2D eigenvalue weighted by Crippen LogP contribution is -2.16. The normalized spacial score (nSPS) is 11.9. The fourth-order valence-electron chi connectivity index (χ4n) is 3.33. The van der Waals surface area contributed by atoms with Crippen LogP contribution in [-0.2, 0) is 6.42 Å². The summed E-state index contributed by atoms with van der Waals surface area (Å²) in [6.45, 7) is 10.4. The van der Waals surface area contributed by atoms with Crippen LogP contribution in [0.3, 0.4) is 0 Å². The van der Waals surface area contributed by atoms with Gasteiger partial charge in [-0.1, -0.05) is 46.8 Å². The molecule has 0 bridgehead atoms. The standard InChI is InChI=1S/C22H27N3O3/c1-13(2)16-10-17(19(27)11-18(16)26)20-23-24-21(28)25(20)15-8-6-14(7-9-15)12-22(3,4)5/h6-11,13,26-27H,12H2,1-5H3,(H,24,28). The molecule has 0 spiro atoms. The van der Waals surface area contributed by atoms with Crippen molar-refractivity contribution in [3.63, 3.8) is 0 Å². The van der Waals surface area contributed by atoms with Crippen LogP contribution in [0.15, 0.2) is 41.2 Å². The van der Waals surface area contributed by atoms with Crippen LogP contribution in [0.5, 0.6) is 11.5 Å². The van der Waals surface area contributed by atoms with Crippen molar-refractivity contribution in [3.05, 3.63) is 58.0 Å². The zero-order valence-corrected chi connectivity index (χ0v) is 16.9. The molecule has 0 atom stereocenters. The molecule has 0 saturated carbocycles. The number of rotatable bonds is 4. The number of phenols is 2. The van der Waals surface area contributed by atoms with Crippen LogP contribution < -0.4 is 5.69 Å². The minimum Gasteiger partial charge on any atom is -0.508 e. The predicted molar refractivity (Wildman–Crippen MR) is 110 cm³/mol. The highest BCUT2D eigenvalue weighted by molar-refractivity contribution is 5.69. The van der Waals surface area contributed by atoms with Gasteiger partial charge in [0, 0.05) is 6.07 Å². The minimum atomic E-state index is -0.392. The summed E-state index contributed by atoms with van der Waals surface area (Å²) in [4.78, 5) is 12.4. The highest BCUT2D eigenvalue weighted by atomic mass is 16.3. The predicted octanol–water partition coefficient (Wildman–Crippen LogP) is 4.35. The Bertz CT molecular complexity index is 1040. The van der Waals surface area contributed by atoms with Crippen LogP contribution in [0.25, 0.3) is 17.1 Å². The molecule has 0 aliphatic heterocycles. The second-order valence-electron chi connectivity index (χ2n) is 8.67. The number of hydrogen-bond acceptors (Lipinski definition) is 4. The second kappa shape index (κ2) is 7.19. The number of H-pyrrole nitrogens is 1. The van der Waals surface area contributed by atoms with Gasteiger partial charge >= 0.3 is 5.69 Å². The summed E-state index contributed by atoms with van der Waals surface area (Å²) < 4.78 is 1.43. The van der Waals surface area contributed by atoms with Crippen molar-refractivity contribution in [1.82, 2.24) is 14.8 Å². The first-order valence-corrected chi connectivity index (χ1v) is 9.40. The number of nitrogens with one attached hydrogen (secondary N) is 1. The van der Waals surface area contributed by atoms with Gasteiger partial charge in [-0.25, -0.2) is 14.5 Å². The van der Waals surface area contributed by atoms with Crippen LogP contribution in [0.4, 0.5) is 0 Å². The van der Waals surface area contributed by atoms with Gasteiger partial charge in [-0.3, -0.25) is 0 Å². The number of aromatic hydroxyl groups is 2. The summed E-state index contributed by atoms with van der Waals surface area (Å²) in [5.74, 6) is 0.238. The highest BCUT2D eigenvalue weighted by Gasteiger charge is 2.19. The van der Waals surface area contributed by atoms with E-state index < -0.39 is 5.69 Å². The lowest BCUT2D eigenvalue weighted by atomic mass is 9.88. The molecule has 6 heteroatoms. The number of hydrogen-bond donors (Lipinski definition) is 3. The number of aromatic nitrogens is 3. The second-order valence-corrected chi connectivity index (χ2v) is 8.67. The van der Waals surface area contributed by atoms with Crippen molar-refractivity contribution < 1.29 is 10.2 Å². The first-order valence-electron chi connectivity index (χ1n) is 9.40. The fourth-order valence-corrected chi connectivity index (χ4v) is 3.33. The van der Waals surface area contributed by atoms with E-state index in [2.05, 4.69) is 31.0 Å². The van der Waals surface area contributed by atoms with E-state index in [4.69, 9.17) is 0 Å². The molecule has 0 radical (unpaired) electrons. The van der Waals surface area contributed by atoms with Gasteiger partial charge in [-0.2, -0.15) is 5.10 Å². The summed E-state index contributed by atoms with van der Waals surface area (Å²) >= 11 is 0. The molecule has 6 nitrogen and oxygen atoms in total. The Kier molecular flexibility index (Phi) is 5.06. The van der Waals surface area contributed by atoms with E-state index in [-0.39, 0.29) is 22.8 Å². The quantitative estimate of drug-likeness (QED) is 0.626. The van der Waals surface area contributed by atoms with Gasteiger partial charge in [-0.15, -0.1) is 0 Å². The molecule has 1 aromatic heterocycles. The summed E-state index contributed by atoms with van der Waals surface area (Å²) in [6, 6.07) is 10.7. The zero-order valence-electron chi connectivity index (χ0n) is 16.9. The van der Waals surface area contributed by atoms with Crippen molar-refractivity contribution in [1.29, 1.82) is 0 Å². The van der Waals surface area contributed by atoms with Crippen LogP contribution in [-0.4, -0.2) is 25.0 Å². The van der Waals surface area contributed by atoms with Crippen molar-refractivity contribution >= 4 is 0 Å². The maximum absolute atomic E-state index is 12.4. The van der Waals surface area contributed by atoms with Gasteiger partial charge in [0.05, 0.1) is 11.3 Å². The van der Waals surface area contributed by atoms with Crippen molar-refractivity contribution in [2.45, 2.75) is 47.0 Å². The Morgan fingerprint density at radius 3 is 2.29 bits per heavy atom. The Balaban J connectivity index is 2.09. The Hall–Kier alpha value is -3.02. The molecule has 3 aromatic rings. The molecule has 0 fully saturated rings. The number of aromatic amines is 1. The lowest BCUT2D eigenvalue weighted by molar-refractivity contribution is 0.411. The lowest BCUT2D eigenvalue weighted by Gasteiger charge is -2.18. The Morgan fingerprint density at radius 2 is 1.71 bits per heavy atom. The van der Waals surface area contributed by atoms with E-state index >= 15 is 0 Å². The average molecular weight is 381 g/mol. The topological polar surface area (TPSA) is 91.1 Å². The molecule has 0 saturated heterocycles. The first kappa shape index (κ1) is 19.7. The average Bonchev–Trinajstić information content (AvgIpc) is 2.95. The maximum atomic E-state index is 12.4.